The molecule has 0 radical (unpaired) electrons. The molecule has 1 aromatic carbocycles. The second-order valence-corrected chi connectivity index (χ2v) is 5.35. The van der Waals surface area contributed by atoms with Gasteiger partial charge in [-0.15, -0.1) is 0 Å². The number of hydrogen-bond acceptors (Lipinski definition) is 2. The van der Waals surface area contributed by atoms with Gasteiger partial charge < -0.3 is 0 Å². The minimum Gasteiger partial charge on any atom is -0.292 e. The number of hydrogen-bond donors (Lipinski definition) is 0. The van der Waals surface area contributed by atoms with Crippen LogP contribution in [0.2, 0.25) is 0 Å². The van der Waals surface area contributed by atoms with Crippen molar-refractivity contribution in [1.82, 2.24) is 4.90 Å². The molecular formula is C18H22N2. The Kier molecular flexibility index (Phi) is 5.58. The van der Waals surface area contributed by atoms with Gasteiger partial charge in [-0.3, -0.25) is 4.90 Å². The summed E-state index contributed by atoms with van der Waals surface area (Å²) in [6.45, 7) is 5.63. The largest absolute Gasteiger partial charge is 0.292 e. The monoisotopic (exact) mass is 266 g/mol. The predicted molar refractivity (Wildman–Crippen MR) is 83.0 cm³/mol. The van der Waals surface area contributed by atoms with Crippen molar-refractivity contribution in [3.05, 3.63) is 60.2 Å². The average molecular weight is 266 g/mol. The summed E-state index contributed by atoms with van der Waals surface area (Å²) in [5.41, 5.74) is 2.00. The first kappa shape index (κ1) is 14.6. The third-order valence-corrected chi connectivity index (χ3v) is 3.79. The second-order valence-electron chi connectivity index (χ2n) is 5.35. The molecule has 1 unspecified atom stereocenters. The van der Waals surface area contributed by atoms with Gasteiger partial charge in [0.1, 0.15) is 0 Å². The Morgan fingerprint density at radius 3 is 2.80 bits per heavy atom. The molecule has 1 aliphatic rings. The molecule has 0 aromatic heterocycles. The molecule has 2 heteroatoms. The molecule has 0 aliphatic heterocycles. The normalized spacial score (nSPS) is 17.9. The minimum absolute atomic E-state index is 0.496. The molecule has 0 spiro atoms. The van der Waals surface area contributed by atoms with Crippen LogP contribution in [-0.4, -0.2) is 17.5 Å². The van der Waals surface area contributed by atoms with E-state index < -0.39 is 0 Å². The summed E-state index contributed by atoms with van der Waals surface area (Å²) < 4.78 is 0. The first-order valence-corrected chi connectivity index (χ1v) is 7.32. The molecule has 104 valence electrons. The van der Waals surface area contributed by atoms with Crippen LogP contribution in [0.4, 0.5) is 0 Å². The smallest absolute Gasteiger partial charge is 0.0941 e. The van der Waals surface area contributed by atoms with Gasteiger partial charge in [-0.1, -0.05) is 49.1 Å². The van der Waals surface area contributed by atoms with Crippen LogP contribution in [0.15, 0.2) is 54.6 Å². The Balaban J connectivity index is 2.03. The summed E-state index contributed by atoms with van der Waals surface area (Å²) in [4.78, 5) is 2.47. The van der Waals surface area contributed by atoms with E-state index >= 15 is 0 Å². The van der Waals surface area contributed by atoms with Crippen molar-refractivity contribution >= 4 is 0 Å². The van der Waals surface area contributed by atoms with Crippen molar-refractivity contribution < 1.29 is 0 Å². The van der Waals surface area contributed by atoms with E-state index in [0.717, 1.165) is 19.5 Å². The molecule has 20 heavy (non-hydrogen) atoms. The Morgan fingerprint density at radius 2 is 2.15 bits per heavy atom. The van der Waals surface area contributed by atoms with Gasteiger partial charge in [0.05, 0.1) is 6.07 Å². The summed E-state index contributed by atoms with van der Waals surface area (Å²) in [5, 5.41) is 8.87. The highest BCUT2D eigenvalue weighted by atomic mass is 15.1. The Labute approximate surface area is 122 Å². The third-order valence-electron chi connectivity index (χ3n) is 3.79. The van der Waals surface area contributed by atoms with Crippen LogP contribution in [0.25, 0.3) is 0 Å². The van der Waals surface area contributed by atoms with Gasteiger partial charge in [-0.25, -0.2) is 0 Å². The van der Waals surface area contributed by atoms with Crippen LogP contribution in [0.1, 0.15) is 31.2 Å². The maximum absolute atomic E-state index is 8.87. The van der Waals surface area contributed by atoms with Gasteiger partial charge in [0.15, 0.2) is 0 Å². The van der Waals surface area contributed by atoms with Crippen LogP contribution in [0, 0.1) is 11.3 Å². The maximum atomic E-state index is 8.87. The van der Waals surface area contributed by atoms with Crippen LogP contribution < -0.4 is 0 Å². The molecule has 1 atom stereocenters. The van der Waals surface area contributed by atoms with E-state index in [0.29, 0.717) is 11.6 Å². The summed E-state index contributed by atoms with van der Waals surface area (Å²) in [6, 6.07) is 13.2. The number of nitriles is 1. The van der Waals surface area contributed by atoms with E-state index in [4.69, 9.17) is 5.26 Å². The molecule has 2 nitrogen and oxygen atoms in total. The van der Waals surface area contributed by atoms with E-state index in [-0.39, 0.29) is 0 Å². The number of allylic oxidation sites excluding steroid dienone is 1. The lowest BCUT2D eigenvalue weighted by Gasteiger charge is -2.31. The summed E-state index contributed by atoms with van der Waals surface area (Å²) in [5.74, 6) is 0. The zero-order chi connectivity index (χ0) is 14.2. The molecule has 2 rings (SSSR count). The first-order chi connectivity index (χ1) is 9.79. The fourth-order valence-electron chi connectivity index (χ4n) is 2.61. The lowest BCUT2D eigenvalue weighted by molar-refractivity contribution is 0.208. The summed E-state index contributed by atoms with van der Waals surface area (Å²) in [7, 11) is 0. The molecule has 0 fully saturated rings. The van der Waals surface area contributed by atoms with Crippen molar-refractivity contribution in [2.45, 2.75) is 38.3 Å². The summed E-state index contributed by atoms with van der Waals surface area (Å²) in [6.07, 6.45) is 9.02. The second kappa shape index (κ2) is 7.67. The molecule has 1 aliphatic carbocycles. The van der Waals surface area contributed by atoms with E-state index in [1.807, 2.05) is 6.07 Å². The molecule has 0 saturated heterocycles. The standard InChI is InChI=1S/C18H22N2/c1-16(14-19)12-13-20(18-10-6-3-7-11-18)15-17-8-4-2-5-9-17/h2,4-6,8-10,18H,1,3,7,11-13,15H2. The molecule has 1 aromatic rings. The molecule has 0 saturated carbocycles. The highest BCUT2D eigenvalue weighted by Crippen LogP contribution is 2.19. The zero-order valence-corrected chi connectivity index (χ0v) is 12.0. The highest BCUT2D eigenvalue weighted by Gasteiger charge is 2.17. The topological polar surface area (TPSA) is 27.0 Å². The van der Waals surface area contributed by atoms with Crippen molar-refractivity contribution in [2.24, 2.45) is 0 Å². The quantitative estimate of drug-likeness (QED) is 0.573. The fraction of sp³-hybridized carbons (Fsp3) is 0.389. The molecule has 0 amide bonds. The average Bonchev–Trinajstić information content (AvgIpc) is 2.53. The van der Waals surface area contributed by atoms with Gasteiger partial charge in [0.25, 0.3) is 0 Å². The number of nitrogens with zero attached hydrogens (tertiary/aromatic N) is 2. The number of benzene rings is 1. The van der Waals surface area contributed by atoms with Crippen LogP contribution in [0.5, 0.6) is 0 Å². The molecule has 0 heterocycles. The van der Waals surface area contributed by atoms with Gasteiger partial charge in [0.2, 0.25) is 0 Å². The molecule has 0 N–H and O–H groups in total. The van der Waals surface area contributed by atoms with Crippen LogP contribution in [-0.2, 0) is 6.54 Å². The SMILES string of the molecule is C=C(C#N)CCN(Cc1ccccc1)C1C=CCCC1. The van der Waals surface area contributed by atoms with E-state index in [1.165, 1.54) is 24.8 Å². The third kappa shape index (κ3) is 4.36. The van der Waals surface area contributed by atoms with Gasteiger partial charge in [-0.2, -0.15) is 5.26 Å². The van der Waals surface area contributed by atoms with E-state index in [1.54, 1.807) is 0 Å². The molecule has 0 bridgehead atoms. The van der Waals surface area contributed by atoms with Gasteiger partial charge in [-0.05, 0) is 31.2 Å². The molecular weight excluding hydrogens is 244 g/mol. The van der Waals surface area contributed by atoms with Crippen molar-refractivity contribution in [2.75, 3.05) is 6.54 Å². The van der Waals surface area contributed by atoms with Crippen molar-refractivity contribution in [3.63, 3.8) is 0 Å². The van der Waals surface area contributed by atoms with Crippen molar-refractivity contribution in [3.8, 4) is 6.07 Å². The van der Waals surface area contributed by atoms with E-state index in [2.05, 4.69) is 54.0 Å². The lowest BCUT2D eigenvalue weighted by Crippen LogP contribution is -2.35. The summed E-state index contributed by atoms with van der Waals surface area (Å²) >= 11 is 0. The maximum Gasteiger partial charge on any atom is 0.0941 e. The minimum atomic E-state index is 0.496. The Hall–Kier alpha value is -1.85. The number of rotatable bonds is 6. The van der Waals surface area contributed by atoms with Crippen molar-refractivity contribution in [1.29, 1.82) is 5.26 Å². The van der Waals surface area contributed by atoms with Crippen LogP contribution >= 0.6 is 0 Å². The van der Waals surface area contributed by atoms with Crippen LogP contribution in [0.3, 0.4) is 0 Å². The van der Waals surface area contributed by atoms with Gasteiger partial charge >= 0.3 is 0 Å². The zero-order valence-electron chi connectivity index (χ0n) is 12.0. The Bertz CT molecular complexity index is 496. The van der Waals surface area contributed by atoms with Gasteiger partial charge in [0, 0.05) is 24.7 Å². The highest BCUT2D eigenvalue weighted by molar-refractivity contribution is 5.17. The Morgan fingerprint density at radius 1 is 1.35 bits per heavy atom. The lowest BCUT2D eigenvalue weighted by atomic mass is 10.00. The predicted octanol–water partition coefficient (Wildman–Crippen LogP) is 4.07. The fourth-order valence-corrected chi connectivity index (χ4v) is 2.61. The first-order valence-electron chi connectivity index (χ1n) is 7.32. The van der Waals surface area contributed by atoms with E-state index in [9.17, 15) is 0 Å².